The molecule has 0 bridgehead atoms. The molecule has 186 valence electrons. The van der Waals surface area contributed by atoms with Crippen LogP contribution in [0.4, 0.5) is 17.6 Å². The molecule has 0 saturated heterocycles. The zero-order valence-electron chi connectivity index (χ0n) is 19.5. The largest absolute Gasteiger partial charge is 0.492 e. The van der Waals surface area contributed by atoms with Crippen molar-refractivity contribution in [1.29, 1.82) is 5.26 Å². The number of rotatable bonds is 9. The maximum atomic E-state index is 13.7. The molecule has 0 amide bonds. The smallest absolute Gasteiger partial charge is 0.401 e. The molecule has 3 aromatic rings. The van der Waals surface area contributed by atoms with E-state index in [9.17, 15) is 22.8 Å². The first-order chi connectivity index (χ1) is 16.8. The zero-order chi connectivity index (χ0) is 25.0. The van der Waals surface area contributed by atoms with E-state index in [1.54, 1.807) is 25.1 Å². The van der Waals surface area contributed by atoms with Crippen molar-refractivity contribution in [3.8, 4) is 11.8 Å². The molecule has 1 aliphatic heterocycles. The fraction of sp³-hybridized carbons (Fsp3) is 0.423. The van der Waals surface area contributed by atoms with Gasteiger partial charge in [0.1, 0.15) is 12.4 Å². The van der Waals surface area contributed by atoms with Crippen LogP contribution in [0.1, 0.15) is 41.8 Å². The molecule has 2 atom stereocenters. The van der Waals surface area contributed by atoms with Gasteiger partial charge in [0.15, 0.2) is 0 Å². The number of para-hydroxylation sites is 1. The molecule has 0 saturated carbocycles. The first-order valence-corrected chi connectivity index (χ1v) is 11.7. The first-order valence-electron chi connectivity index (χ1n) is 11.7. The molecule has 1 aromatic heterocycles. The molecular weight excluding hydrogens is 460 g/mol. The van der Waals surface area contributed by atoms with Crippen molar-refractivity contribution in [2.45, 2.75) is 38.0 Å². The second-order valence-electron chi connectivity index (χ2n) is 8.81. The SMILES string of the molecule is C[C@@H]1Cc2c([nH]c3ccccc23)C(c2cc(OCCNCCCF)ccc2C#N)N1CC(F)(F)F. The number of hydrogen-bond donors (Lipinski definition) is 2. The van der Waals surface area contributed by atoms with E-state index in [0.29, 0.717) is 55.1 Å². The minimum Gasteiger partial charge on any atom is -0.492 e. The number of alkyl halides is 4. The average Bonchev–Trinajstić information content (AvgIpc) is 3.19. The Balaban J connectivity index is 1.73. The number of halogens is 4. The molecule has 1 aliphatic rings. The van der Waals surface area contributed by atoms with Crippen LogP contribution in [0, 0.1) is 11.3 Å². The minimum atomic E-state index is -4.40. The maximum Gasteiger partial charge on any atom is 0.401 e. The van der Waals surface area contributed by atoms with Crippen LogP contribution in [0.3, 0.4) is 0 Å². The van der Waals surface area contributed by atoms with Crippen LogP contribution < -0.4 is 10.1 Å². The molecule has 4 rings (SSSR count). The normalized spacial score (nSPS) is 18.4. The van der Waals surface area contributed by atoms with E-state index >= 15 is 0 Å². The lowest BCUT2D eigenvalue weighted by Crippen LogP contribution is -2.47. The van der Waals surface area contributed by atoms with Gasteiger partial charge < -0.3 is 15.0 Å². The predicted octanol–water partition coefficient (Wildman–Crippen LogP) is 5.27. The van der Waals surface area contributed by atoms with Gasteiger partial charge >= 0.3 is 6.18 Å². The van der Waals surface area contributed by atoms with Gasteiger partial charge in [0.2, 0.25) is 0 Å². The summed E-state index contributed by atoms with van der Waals surface area (Å²) in [6.45, 7) is 1.65. The molecule has 2 N–H and O–H groups in total. The maximum absolute atomic E-state index is 13.7. The number of aromatic amines is 1. The van der Waals surface area contributed by atoms with Crippen molar-refractivity contribution in [2.24, 2.45) is 0 Å². The number of ether oxygens (including phenoxy) is 1. The van der Waals surface area contributed by atoms with Crippen LogP contribution in [0.2, 0.25) is 0 Å². The van der Waals surface area contributed by atoms with Gasteiger partial charge in [0.05, 0.1) is 30.9 Å². The van der Waals surface area contributed by atoms with E-state index in [4.69, 9.17) is 4.74 Å². The molecule has 5 nitrogen and oxygen atoms in total. The monoisotopic (exact) mass is 488 g/mol. The van der Waals surface area contributed by atoms with Crippen LogP contribution in [0.25, 0.3) is 10.9 Å². The first kappa shape index (κ1) is 25.0. The van der Waals surface area contributed by atoms with Crippen LogP contribution >= 0.6 is 0 Å². The van der Waals surface area contributed by atoms with Crippen molar-refractivity contribution in [3.05, 3.63) is 64.8 Å². The molecule has 9 heteroatoms. The highest BCUT2D eigenvalue weighted by molar-refractivity contribution is 5.85. The summed E-state index contributed by atoms with van der Waals surface area (Å²) in [6.07, 6.45) is -3.51. The van der Waals surface area contributed by atoms with Gasteiger partial charge in [-0.15, -0.1) is 0 Å². The second-order valence-corrected chi connectivity index (χ2v) is 8.81. The molecule has 2 heterocycles. The van der Waals surface area contributed by atoms with Gasteiger partial charge in [-0.25, -0.2) is 0 Å². The Labute approximate surface area is 201 Å². The van der Waals surface area contributed by atoms with Gasteiger partial charge in [-0.2, -0.15) is 18.4 Å². The van der Waals surface area contributed by atoms with E-state index in [-0.39, 0.29) is 0 Å². The van der Waals surface area contributed by atoms with Gasteiger partial charge in [-0.05, 0) is 61.7 Å². The van der Waals surface area contributed by atoms with Crippen molar-refractivity contribution >= 4 is 10.9 Å². The standard InChI is InChI=1S/C26H28F4N4O/c1-17-13-22-20-5-2-3-6-23(20)33-24(22)25(34(17)16-26(28,29)30)21-14-19(8-7-18(21)15-31)35-12-11-32-10-4-9-27/h2-3,5-8,14,17,25,32-33H,4,9-13,16H2,1H3/t17-,25?/m1/s1. The summed E-state index contributed by atoms with van der Waals surface area (Å²) in [5.74, 6) is 0.467. The van der Waals surface area contributed by atoms with E-state index in [1.165, 1.54) is 4.90 Å². The number of nitriles is 1. The van der Waals surface area contributed by atoms with Crippen molar-refractivity contribution in [1.82, 2.24) is 15.2 Å². The van der Waals surface area contributed by atoms with Crippen molar-refractivity contribution in [3.63, 3.8) is 0 Å². The molecule has 0 aliphatic carbocycles. The molecule has 0 spiro atoms. The number of hydrogen-bond acceptors (Lipinski definition) is 4. The third-order valence-corrected chi connectivity index (χ3v) is 6.35. The van der Waals surface area contributed by atoms with Gasteiger partial charge in [0, 0.05) is 29.2 Å². The summed E-state index contributed by atoms with van der Waals surface area (Å²) < 4.78 is 59.0. The number of H-pyrrole nitrogens is 1. The van der Waals surface area contributed by atoms with Gasteiger partial charge in [0.25, 0.3) is 0 Å². The minimum absolute atomic E-state index is 0.300. The van der Waals surface area contributed by atoms with E-state index in [1.807, 2.05) is 24.3 Å². The third kappa shape index (κ3) is 5.60. The Morgan fingerprint density at radius 2 is 2.00 bits per heavy atom. The fourth-order valence-electron chi connectivity index (χ4n) is 4.81. The van der Waals surface area contributed by atoms with Crippen LogP contribution in [-0.2, 0) is 6.42 Å². The van der Waals surface area contributed by atoms with Crippen LogP contribution in [0.5, 0.6) is 5.75 Å². The number of fused-ring (bicyclic) bond motifs is 3. The quantitative estimate of drug-likeness (QED) is 0.318. The fourth-order valence-corrected chi connectivity index (χ4v) is 4.81. The highest BCUT2D eigenvalue weighted by Gasteiger charge is 2.42. The molecule has 0 fully saturated rings. The van der Waals surface area contributed by atoms with Crippen LogP contribution in [0.15, 0.2) is 42.5 Å². The van der Waals surface area contributed by atoms with E-state index in [2.05, 4.69) is 16.4 Å². The molecular formula is C26H28F4N4O. The third-order valence-electron chi connectivity index (χ3n) is 6.35. The summed E-state index contributed by atoms with van der Waals surface area (Å²) in [7, 11) is 0. The Kier molecular flexibility index (Phi) is 7.63. The lowest BCUT2D eigenvalue weighted by molar-refractivity contribution is -0.155. The zero-order valence-corrected chi connectivity index (χ0v) is 19.5. The average molecular weight is 489 g/mol. The summed E-state index contributed by atoms with van der Waals surface area (Å²) in [5, 5.41) is 13.9. The summed E-state index contributed by atoms with van der Waals surface area (Å²) in [4.78, 5) is 4.76. The van der Waals surface area contributed by atoms with Crippen molar-refractivity contribution < 1.29 is 22.3 Å². The van der Waals surface area contributed by atoms with Gasteiger partial charge in [-0.1, -0.05) is 18.2 Å². The Morgan fingerprint density at radius 3 is 2.74 bits per heavy atom. The Morgan fingerprint density at radius 1 is 1.20 bits per heavy atom. The second kappa shape index (κ2) is 10.7. The summed E-state index contributed by atoms with van der Waals surface area (Å²) in [6, 6.07) is 13.5. The number of benzene rings is 2. The Bertz CT molecular complexity index is 1200. The highest BCUT2D eigenvalue weighted by Crippen LogP contribution is 2.43. The molecule has 0 radical (unpaired) electrons. The molecule has 2 aromatic carbocycles. The van der Waals surface area contributed by atoms with Gasteiger partial charge in [-0.3, -0.25) is 9.29 Å². The van der Waals surface area contributed by atoms with Crippen molar-refractivity contribution in [2.75, 3.05) is 32.9 Å². The summed E-state index contributed by atoms with van der Waals surface area (Å²) >= 11 is 0. The molecule has 35 heavy (non-hydrogen) atoms. The number of aromatic nitrogens is 1. The van der Waals surface area contributed by atoms with Crippen LogP contribution in [-0.4, -0.2) is 55.0 Å². The lowest BCUT2D eigenvalue weighted by atomic mass is 9.87. The predicted molar refractivity (Wildman–Crippen MR) is 126 cm³/mol. The lowest BCUT2D eigenvalue weighted by Gasteiger charge is -2.41. The Hall–Kier alpha value is -3.09. The molecule has 1 unspecified atom stereocenters. The highest BCUT2D eigenvalue weighted by atomic mass is 19.4. The number of nitrogens with one attached hydrogen (secondary N) is 2. The topological polar surface area (TPSA) is 64.1 Å². The van der Waals surface area contributed by atoms with E-state index < -0.39 is 31.5 Å². The summed E-state index contributed by atoms with van der Waals surface area (Å²) in [5.41, 5.74) is 3.28. The number of nitrogens with zero attached hydrogens (tertiary/aromatic N) is 2. The van der Waals surface area contributed by atoms with E-state index in [0.717, 1.165) is 16.5 Å².